The molecule has 1 aromatic rings. The van der Waals surface area contributed by atoms with E-state index in [4.69, 9.17) is 4.74 Å². The molecular weight excluding hydrogens is 424 g/mol. The van der Waals surface area contributed by atoms with Crippen LogP contribution in [0.4, 0.5) is 5.82 Å². The van der Waals surface area contributed by atoms with E-state index in [1.807, 2.05) is 25.7 Å². The molecule has 1 aromatic heterocycles. The molecule has 1 unspecified atom stereocenters. The van der Waals surface area contributed by atoms with Crippen molar-refractivity contribution in [2.45, 2.75) is 101 Å². The Hall–Kier alpha value is -1.54. The first kappa shape index (κ1) is 23.6. The maximum Gasteiger partial charge on any atom is 0.252 e. The number of carbonyl (C=O) groups excluding carboxylic acids is 2. The molecule has 2 fully saturated rings. The van der Waals surface area contributed by atoms with Crippen LogP contribution in [-0.2, 0) is 26.4 Å². The lowest BCUT2D eigenvalue weighted by molar-refractivity contribution is -0.153. The summed E-state index contributed by atoms with van der Waals surface area (Å²) in [6, 6.07) is 0. The number of aromatic nitrogens is 2. The van der Waals surface area contributed by atoms with Gasteiger partial charge < -0.3 is 15.0 Å². The summed E-state index contributed by atoms with van der Waals surface area (Å²) in [6.45, 7) is 6.36. The Labute approximate surface area is 193 Å². The van der Waals surface area contributed by atoms with Crippen molar-refractivity contribution in [3.05, 3.63) is 11.3 Å². The molecule has 1 aliphatic heterocycles. The van der Waals surface area contributed by atoms with Gasteiger partial charge >= 0.3 is 0 Å². The zero-order chi connectivity index (χ0) is 23.3. The molecule has 3 aliphatic rings. The van der Waals surface area contributed by atoms with E-state index in [1.54, 1.807) is 0 Å². The second kappa shape index (κ2) is 8.35. The van der Waals surface area contributed by atoms with Gasteiger partial charge in [0.1, 0.15) is 6.10 Å². The molecule has 0 bridgehead atoms. The number of amides is 2. The number of aromatic amines is 1. The van der Waals surface area contributed by atoms with Crippen LogP contribution in [0.1, 0.15) is 83.4 Å². The zero-order valence-electron chi connectivity index (χ0n) is 20.5. The number of hydrogen-bond acceptors (Lipinski definition) is 4. The number of rotatable bonds is 6. The molecule has 2 aliphatic carbocycles. The highest BCUT2D eigenvalue weighted by Gasteiger charge is 2.51. The van der Waals surface area contributed by atoms with Crippen molar-refractivity contribution in [3.8, 4) is 0 Å². The Morgan fingerprint density at radius 3 is 2.38 bits per heavy atom. The van der Waals surface area contributed by atoms with Crippen molar-refractivity contribution in [3.63, 3.8) is 0 Å². The van der Waals surface area contributed by atoms with Crippen molar-refractivity contribution in [2.75, 3.05) is 24.1 Å². The van der Waals surface area contributed by atoms with Gasteiger partial charge in [-0.2, -0.15) is 5.10 Å². The number of carbonyl (C=O) groups is 2. The summed E-state index contributed by atoms with van der Waals surface area (Å²) in [7, 11) is -1.05. The third kappa shape index (κ3) is 3.87. The number of hydrogen-bond donors (Lipinski definition) is 2. The lowest BCUT2D eigenvalue weighted by Crippen LogP contribution is -2.51. The minimum Gasteiger partial charge on any atom is -0.365 e. The number of ether oxygens (including phenoxy) is 1. The van der Waals surface area contributed by atoms with Crippen LogP contribution in [0.15, 0.2) is 0 Å². The van der Waals surface area contributed by atoms with E-state index in [9.17, 15) is 9.59 Å². The Kier molecular flexibility index (Phi) is 6.16. The second-order valence-corrected chi connectivity index (χ2v) is 15.5. The fourth-order valence-corrected chi connectivity index (χ4v) is 7.70. The van der Waals surface area contributed by atoms with Crippen LogP contribution in [0.3, 0.4) is 0 Å². The Bertz CT molecular complexity index is 878. The van der Waals surface area contributed by atoms with Crippen LogP contribution < -0.4 is 5.32 Å². The van der Waals surface area contributed by atoms with Crippen molar-refractivity contribution < 1.29 is 14.3 Å². The monoisotopic (exact) mass is 464 g/mol. The molecule has 2 N–H and O–H groups in total. The number of H-pyrrole nitrogens is 1. The second-order valence-electron chi connectivity index (χ2n) is 11.1. The third-order valence-electron chi connectivity index (χ3n) is 8.01. The molecule has 0 spiro atoms. The van der Waals surface area contributed by atoms with Crippen LogP contribution in [-0.4, -0.2) is 62.6 Å². The van der Waals surface area contributed by atoms with Crippen molar-refractivity contribution in [1.82, 2.24) is 15.1 Å². The van der Waals surface area contributed by atoms with Gasteiger partial charge in [0.15, 0.2) is 5.82 Å². The van der Waals surface area contributed by atoms with Gasteiger partial charge in [0.2, 0.25) is 5.91 Å². The minimum atomic E-state index is -1.05. The van der Waals surface area contributed by atoms with Crippen LogP contribution in [0.2, 0.25) is 0 Å². The highest BCUT2D eigenvalue weighted by Crippen LogP contribution is 2.60. The molecule has 0 saturated heterocycles. The Balaban J connectivity index is 1.48. The van der Waals surface area contributed by atoms with E-state index in [0.717, 1.165) is 43.4 Å². The summed E-state index contributed by atoms with van der Waals surface area (Å²) in [5.41, 5.74) is 1.28. The lowest BCUT2D eigenvalue weighted by atomic mass is 9.83. The highest BCUT2D eigenvalue weighted by molar-refractivity contribution is 8.33. The molecule has 2 amide bonds. The Morgan fingerprint density at radius 1 is 1.16 bits per heavy atom. The maximum absolute atomic E-state index is 13.4. The van der Waals surface area contributed by atoms with Gasteiger partial charge in [0, 0.05) is 5.56 Å². The topological polar surface area (TPSA) is 87.3 Å². The van der Waals surface area contributed by atoms with E-state index >= 15 is 0 Å². The number of anilines is 1. The quantitative estimate of drug-likeness (QED) is 0.658. The predicted octanol–water partition coefficient (Wildman–Crippen LogP) is 4.28. The average Bonchev–Trinajstić information content (AvgIpc) is 3.18. The van der Waals surface area contributed by atoms with E-state index in [0.29, 0.717) is 12.4 Å². The first-order valence-corrected chi connectivity index (χ1v) is 14.9. The predicted molar refractivity (Wildman–Crippen MR) is 130 cm³/mol. The van der Waals surface area contributed by atoms with Crippen LogP contribution in [0.25, 0.3) is 0 Å². The standard InChI is InChI=1S/C24H40N4O3S/c1-16(31-17-11-8-7-9-12-17)21(29)28-15-18-19(23(28,2)3)26-27-20(18)25-22(30)24(13-10-14-24)32(4,5)6/h16-17H,7-15H2,1-6H3,(H2,25,26,27,30). The highest BCUT2D eigenvalue weighted by atomic mass is 32.3. The van der Waals surface area contributed by atoms with Crippen LogP contribution in [0, 0.1) is 0 Å². The molecular formula is C24H40N4O3S. The Morgan fingerprint density at radius 2 is 1.81 bits per heavy atom. The molecule has 0 radical (unpaired) electrons. The van der Waals surface area contributed by atoms with Gasteiger partial charge in [-0.25, -0.2) is 10.0 Å². The summed E-state index contributed by atoms with van der Waals surface area (Å²) >= 11 is 0. The van der Waals surface area contributed by atoms with E-state index in [-0.39, 0.29) is 22.7 Å². The van der Waals surface area contributed by atoms with Crippen LogP contribution in [0.5, 0.6) is 0 Å². The van der Waals surface area contributed by atoms with Gasteiger partial charge in [-0.15, -0.1) is 0 Å². The summed E-state index contributed by atoms with van der Waals surface area (Å²) in [5, 5.41) is 10.7. The molecule has 0 aromatic carbocycles. The number of nitrogens with one attached hydrogen (secondary N) is 2. The summed E-state index contributed by atoms with van der Waals surface area (Å²) in [6.07, 6.45) is 15.0. The van der Waals surface area contributed by atoms with E-state index in [2.05, 4.69) is 34.3 Å². The lowest BCUT2D eigenvalue weighted by Gasteiger charge is -2.53. The molecule has 1 atom stereocenters. The first-order chi connectivity index (χ1) is 15.0. The van der Waals surface area contributed by atoms with Gasteiger partial charge in [0.25, 0.3) is 5.91 Å². The van der Waals surface area contributed by atoms with Crippen molar-refractivity contribution in [1.29, 1.82) is 0 Å². The number of nitrogens with zero attached hydrogens (tertiary/aromatic N) is 2. The zero-order valence-corrected chi connectivity index (χ0v) is 21.4. The smallest absolute Gasteiger partial charge is 0.252 e. The normalized spacial score (nSPS) is 23.9. The van der Waals surface area contributed by atoms with Crippen molar-refractivity contribution in [2.24, 2.45) is 0 Å². The fourth-order valence-electron chi connectivity index (χ4n) is 5.58. The molecule has 7 nitrogen and oxygen atoms in total. The van der Waals surface area contributed by atoms with Gasteiger partial charge in [-0.1, -0.05) is 19.3 Å². The largest absolute Gasteiger partial charge is 0.365 e. The van der Waals surface area contributed by atoms with Crippen molar-refractivity contribution >= 4 is 27.7 Å². The van der Waals surface area contributed by atoms with Gasteiger partial charge in [0.05, 0.1) is 28.6 Å². The molecule has 8 heteroatoms. The molecule has 32 heavy (non-hydrogen) atoms. The molecule has 180 valence electrons. The van der Waals surface area contributed by atoms with Crippen LogP contribution >= 0.6 is 10.0 Å². The summed E-state index contributed by atoms with van der Waals surface area (Å²) in [4.78, 5) is 28.6. The molecule has 4 rings (SSSR count). The minimum absolute atomic E-state index is 0.00273. The summed E-state index contributed by atoms with van der Waals surface area (Å²) < 4.78 is 5.88. The number of fused-ring (bicyclic) bond motifs is 1. The molecule has 2 heterocycles. The maximum atomic E-state index is 13.4. The van der Waals surface area contributed by atoms with Gasteiger partial charge in [-0.3, -0.25) is 14.7 Å². The average molecular weight is 465 g/mol. The first-order valence-electron chi connectivity index (χ1n) is 12.0. The molecule has 2 saturated carbocycles. The fraction of sp³-hybridized carbons (Fsp3) is 0.792. The van der Waals surface area contributed by atoms with Gasteiger partial charge in [-0.05, 0) is 71.6 Å². The van der Waals surface area contributed by atoms with E-state index < -0.39 is 21.7 Å². The van der Waals surface area contributed by atoms with E-state index in [1.165, 1.54) is 19.3 Å². The SMILES string of the molecule is CC(OC1CCCCC1)C(=O)N1Cc2c(NC(=O)C3(S(C)(C)C)CCC3)n[nH]c2C1(C)C. The summed E-state index contributed by atoms with van der Waals surface area (Å²) in [5.74, 6) is 0.651. The third-order valence-corrected chi connectivity index (χ3v) is 10.9.